The lowest BCUT2D eigenvalue weighted by molar-refractivity contribution is -0.124. The quantitative estimate of drug-likeness (QED) is 0.847. The van der Waals surface area contributed by atoms with Crippen LogP contribution in [-0.4, -0.2) is 29.1 Å². The first kappa shape index (κ1) is 16.3. The van der Waals surface area contributed by atoms with Gasteiger partial charge in [0.15, 0.2) is 12.4 Å². The number of carbonyl (C=O) groups excluding carboxylic acids is 1. The number of rotatable bonds is 6. The molecule has 6 heteroatoms. The zero-order valence-electron chi connectivity index (χ0n) is 11.7. The number of carboxylic acids is 1. The summed E-state index contributed by atoms with van der Waals surface area (Å²) in [5, 5.41) is 12.0. The van der Waals surface area contributed by atoms with E-state index in [0.29, 0.717) is 0 Å². The van der Waals surface area contributed by atoms with Gasteiger partial charge in [0.05, 0.1) is 5.02 Å². The van der Waals surface area contributed by atoms with Crippen molar-refractivity contribution >= 4 is 23.5 Å². The van der Waals surface area contributed by atoms with Gasteiger partial charge in [0.25, 0.3) is 5.91 Å². The molecule has 0 saturated heterocycles. The topological polar surface area (TPSA) is 75.6 Å². The Kier molecular flexibility index (Phi) is 5.39. The summed E-state index contributed by atoms with van der Waals surface area (Å²) in [4.78, 5) is 22.8. The third-order valence-corrected chi connectivity index (χ3v) is 3.20. The third-order valence-electron chi connectivity index (χ3n) is 2.91. The van der Waals surface area contributed by atoms with Crippen molar-refractivity contribution in [3.63, 3.8) is 0 Å². The summed E-state index contributed by atoms with van der Waals surface area (Å²) in [6.07, 6.45) is 0.769. The molecule has 0 radical (unpaired) electrons. The first-order valence-electron chi connectivity index (χ1n) is 6.22. The smallest absolute Gasteiger partial charge is 0.339 e. The molecule has 0 unspecified atom stereocenters. The van der Waals surface area contributed by atoms with Crippen LogP contribution in [0.1, 0.15) is 37.6 Å². The van der Waals surface area contributed by atoms with Crippen molar-refractivity contribution < 1.29 is 19.4 Å². The van der Waals surface area contributed by atoms with Crippen molar-refractivity contribution in [1.29, 1.82) is 0 Å². The molecule has 0 fully saturated rings. The van der Waals surface area contributed by atoms with E-state index in [4.69, 9.17) is 21.4 Å². The lowest BCUT2D eigenvalue weighted by Gasteiger charge is -2.24. The Morgan fingerprint density at radius 1 is 1.40 bits per heavy atom. The molecule has 20 heavy (non-hydrogen) atoms. The average Bonchev–Trinajstić information content (AvgIpc) is 2.36. The first-order valence-corrected chi connectivity index (χ1v) is 6.60. The predicted molar refractivity (Wildman–Crippen MR) is 76.4 cm³/mol. The van der Waals surface area contributed by atoms with E-state index in [1.165, 1.54) is 18.2 Å². The van der Waals surface area contributed by atoms with Crippen LogP contribution in [0.4, 0.5) is 0 Å². The van der Waals surface area contributed by atoms with E-state index in [1.54, 1.807) is 0 Å². The Bertz CT molecular complexity index is 514. The van der Waals surface area contributed by atoms with E-state index in [9.17, 15) is 9.59 Å². The number of halogens is 1. The van der Waals surface area contributed by atoms with Crippen LogP contribution in [0.25, 0.3) is 0 Å². The van der Waals surface area contributed by atoms with Gasteiger partial charge >= 0.3 is 5.97 Å². The summed E-state index contributed by atoms with van der Waals surface area (Å²) < 4.78 is 5.26. The van der Waals surface area contributed by atoms with Crippen molar-refractivity contribution in [2.75, 3.05) is 6.61 Å². The highest BCUT2D eigenvalue weighted by molar-refractivity contribution is 6.32. The summed E-state index contributed by atoms with van der Waals surface area (Å²) in [6.45, 7) is 5.46. The molecule has 1 aromatic carbocycles. The fourth-order valence-electron chi connectivity index (χ4n) is 1.46. The number of ether oxygens (including phenoxy) is 1. The summed E-state index contributed by atoms with van der Waals surface area (Å²) in [5.74, 6) is -1.48. The summed E-state index contributed by atoms with van der Waals surface area (Å²) in [6, 6.07) is 4.40. The molecule has 110 valence electrons. The standard InChI is InChI=1S/C14H18ClNO4/c1-4-14(2,3)16-11(17)8-20-12-9(13(18)19)6-5-7-10(12)15/h5-7H,4,8H2,1-3H3,(H,16,17)(H,18,19). The molecule has 0 aliphatic rings. The maximum Gasteiger partial charge on any atom is 0.339 e. The molecule has 0 aromatic heterocycles. The highest BCUT2D eigenvalue weighted by Crippen LogP contribution is 2.28. The van der Waals surface area contributed by atoms with Crippen LogP contribution in [-0.2, 0) is 4.79 Å². The van der Waals surface area contributed by atoms with Gasteiger partial charge in [0.1, 0.15) is 5.56 Å². The second-order valence-corrected chi connectivity index (χ2v) is 5.40. The molecular weight excluding hydrogens is 282 g/mol. The minimum absolute atomic E-state index is 0.00567. The summed E-state index contributed by atoms with van der Waals surface area (Å²) in [7, 11) is 0. The molecule has 1 amide bonds. The van der Waals surface area contributed by atoms with E-state index in [1.807, 2.05) is 20.8 Å². The molecular formula is C14H18ClNO4. The van der Waals surface area contributed by atoms with E-state index in [0.717, 1.165) is 6.42 Å². The van der Waals surface area contributed by atoms with Crippen LogP contribution < -0.4 is 10.1 Å². The number of hydrogen-bond acceptors (Lipinski definition) is 3. The minimum Gasteiger partial charge on any atom is -0.481 e. The normalized spacial score (nSPS) is 11.0. The molecule has 0 saturated carbocycles. The molecule has 0 spiro atoms. The van der Waals surface area contributed by atoms with Gasteiger partial charge in [-0.3, -0.25) is 4.79 Å². The third kappa shape index (κ3) is 4.42. The van der Waals surface area contributed by atoms with E-state index < -0.39 is 5.97 Å². The first-order chi connectivity index (χ1) is 9.26. The van der Waals surface area contributed by atoms with Crippen molar-refractivity contribution in [1.82, 2.24) is 5.32 Å². The number of para-hydroxylation sites is 1. The molecule has 1 rings (SSSR count). The van der Waals surface area contributed by atoms with Crippen molar-refractivity contribution in [3.8, 4) is 5.75 Å². The summed E-state index contributed by atoms with van der Waals surface area (Å²) in [5.41, 5.74) is -0.406. The van der Waals surface area contributed by atoms with Gasteiger partial charge in [-0.1, -0.05) is 24.6 Å². The number of hydrogen-bond donors (Lipinski definition) is 2. The van der Waals surface area contributed by atoms with Gasteiger partial charge in [0, 0.05) is 5.54 Å². The van der Waals surface area contributed by atoms with Crippen LogP contribution in [0.15, 0.2) is 18.2 Å². The monoisotopic (exact) mass is 299 g/mol. The Balaban J connectivity index is 2.76. The van der Waals surface area contributed by atoms with E-state index >= 15 is 0 Å². The van der Waals surface area contributed by atoms with Gasteiger partial charge in [-0.05, 0) is 32.4 Å². The zero-order valence-corrected chi connectivity index (χ0v) is 12.5. The molecule has 5 nitrogen and oxygen atoms in total. The predicted octanol–water partition coefficient (Wildman–Crippen LogP) is 2.72. The van der Waals surface area contributed by atoms with Crippen LogP contribution >= 0.6 is 11.6 Å². The molecule has 0 bridgehead atoms. The van der Waals surface area contributed by atoms with Crippen molar-refractivity contribution in [2.24, 2.45) is 0 Å². The lowest BCUT2D eigenvalue weighted by atomic mass is 10.0. The number of benzene rings is 1. The van der Waals surface area contributed by atoms with Gasteiger partial charge in [0.2, 0.25) is 0 Å². The van der Waals surface area contributed by atoms with Crippen molar-refractivity contribution in [2.45, 2.75) is 32.7 Å². The highest BCUT2D eigenvalue weighted by Gasteiger charge is 2.20. The van der Waals surface area contributed by atoms with Crippen LogP contribution in [0, 0.1) is 0 Å². The second kappa shape index (κ2) is 6.61. The summed E-state index contributed by atoms with van der Waals surface area (Å²) >= 11 is 5.90. The Labute approximate surface area is 122 Å². The van der Waals surface area contributed by atoms with Gasteiger partial charge in [-0.25, -0.2) is 4.79 Å². The maximum atomic E-state index is 11.8. The number of amides is 1. The van der Waals surface area contributed by atoms with Crippen LogP contribution in [0.2, 0.25) is 5.02 Å². The number of aromatic carboxylic acids is 1. The average molecular weight is 300 g/mol. The van der Waals surface area contributed by atoms with Crippen molar-refractivity contribution in [3.05, 3.63) is 28.8 Å². The molecule has 2 N–H and O–H groups in total. The fraction of sp³-hybridized carbons (Fsp3) is 0.429. The fourth-order valence-corrected chi connectivity index (χ4v) is 1.69. The SMILES string of the molecule is CCC(C)(C)NC(=O)COc1c(Cl)cccc1C(=O)O. The maximum absolute atomic E-state index is 11.8. The molecule has 1 aromatic rings. The second-order valence-electron chi connectivity index (χ2n) is 5.00. The van der Waals surface area contributed by atoms with Gasteiger partial charge in [-0.15, -0.1) is 0 Å². The number of nitrogens with one attached hydrogen (secondary N) is 1. The van der Waals surface area contributed by atoms with Crippen LogP contribution in [0.3, 0.4) is 0 Å². The number of carbonyl (C=O) groups is 2. The number of carboxylic acid groups (broad SMARTS) is 1. The molecule has 0 atom stereocenters. The molecule has 0 aliphatic carbocycles. The highest BCUT2D eigenvalue weighted by atomic mass is 35.5. The van der Waals surface area contributed by atoms with E-state index in [2.05, 4.69) is 5.32 Å². The zero-order chi connectivity index (χ0) is 15.3. The minimum atomic E-state index is -1.16. The Morgan fingerprint density at radius 2 is 2.05 bits per heavy atom. The van der Waals surface area contributed by atoms with Crippen LogP contribution in [0.5, 0.6) is 5.75 Å². The molecule has 0 aliphatic heterocycles. The largest absolute Gasteiger partial charge is 0.481 e. The Morgan fingerprint density at radius 3 is 2.60 bits per heavy atom. The van der Waals surface area contributed by atoms with Gasteiger partial charge in [-0.2, -0.15) is 0 Å². The molecule has 0 heterocycles. The van der Waals surface area contributed by atoms with E-state index in [-0.39, 0.29) is 34.4 Å². The Hall–Kier alpha value is -1.75. The lowest BCUT2D eigenvalue weighted by Crippen LogP contribution is -2.45. The van der Waals surface area contributed by atoms with Gasteiger partial charge < -0.3 is 15.2 Å².